The van der Waals surface area contributed by atoms with Gasteiger partial charge in [0.15, 0.2) is 0 Å². The first-order valence-electron chi connectivity index (χ1n) is 6.60. The van der Waals surface area contributed by atoms with E-state index in [1.165, 1.54) is 0 Å². The van der Waals surface area contributed by atoms with Crippen molar-refractivity contribution < 1.29 is 13.9 Å². The predicted octanol–water partition coefficient (Wildman–Crippen LogP) is 2.68. The SMILES string of the molecule is CN1CCC[C@@H](OC(=O)c2cc3ccccc3o2)C1. The maximum atomic E-state index is 12.1. The van der Waals surface area contributed by atoms with Gasteiger partial charge in [0.1, 0.15) is 11.7 Å². The number of para-hydroxylation sites is 1. The molecule has 0 bridgehead atoms. The van der Waals surface area contributed by atoms with E-state index >= 15 is 0 Å². The molecule has 0 radical (unpaired) electrons. The number of benzene rings is 1. The van der Waals surface area contributed by atoms with Crippen LogP contribution >= 0.6 is 0 Å². The van der Waals surface area contributed by atoms with Gasteiger partial charge >= 0.3 is 5.97 Å². The zero-order valence-electron chi connectivity index (χ0n) is 11.0. The van der Waals surface area contributed by atoms with Crippen LogP contribution in [0.1, 0.15) is 23.4 Å². The molecule has 2 heterocycles. The Bertz CT molecular complexity index is 557. The summed E-state index contributed by atoms with van der Waals surface area (Å²) in [6.07, 6.45) is 1.96. The second-order valence-electron chi connectivity index (χ2n) is 5.08. The zero-order valence-corrected chi connectivity index (χ0v) is 11.0. The van der Waals surface area contributed by atoms with Crippen LogP contribution in [0.2, 0.25) is 0 Å². The fourth-order valence-electron chi connectivity index (χ4n) is 2.51. The molecule has 1 aliphatic heterocycles. The molecule has 1 fully saturated rings. The van der Waals surface area contributed by atoms with Crippen molar-refractivity contribution in [2.24, 2.45) is 0 Å². The fraction of sp³-hybridized carbons (Fsp3) is 0.400. The van der Waals surface area contributed by atoms with Gasteiger partial charge in [0.2, 0.25) is 5.76 Å². The van der Waals surface area contributed by atoms with Crippen molar-refractivity contribution in [3.63, 3.8) is 0 Å². The van der Waals surface area contributed by atoms with Gasteiger partial charge in [0.25, 0.3) is 0 Å². The third-order valence-electron chi connectivity index (χ3n) is 3.48. The number of hydrogen-bond donors (Lipinski definition) is 0. The number of piperidine rings is 1. The van der Waals surface area contributed by atoms with E-state index in [0.29, 0.717) is 0 Å². The molecule has 0 N–H and O–H groups in total. The van der Waals surface area contributed by atoms with Crippen LogP contribution in [0.15, 0.2) is 34.7 Å². The van der Waals surface area contributed by atoms with Gasteiger partial charge in [-0.1, -0.05) is 18.2 Å². The highest BCUT2D eigenvalue weighted by molar-refractivity contribution is 5.92. The van der Waals surface area contributed by atoms with Crippen LogP contribution in [-0.2, 0) is 4.74 Å². The second-order valence-corrected chi connectivity index (χ2v) is 5.08. The lowest BCUT2D eigenvalue weighted by Crippen LogP contribution is -2.38. The predicted molar refractivity (Wildman–Crippen MR) is 72.1 cm³/mol. The summed E-state index contributed by atoms with van der Waals surface area (Å²) < 4.78 is 11.0. The molecule has 0 amide bonds. The molecule has 4 nitrogen and oxygen atoms in total. The molecule has 0 aliphatic carbocycles. The van der Waals surface area contributed by atoms with Gasteiger partial charge in [0.05, 0.1) is 0 Å². The second kappa shape index (κ2) is 5.05. The minimum atomic E-state index is -0.364. The molecular formula is C15H17NO3. The van der Waals surface area contributed by atoms with Gasteiger partial charge in [-0.25, -0.2) is 4.79 Å². The topological polar surface area (TPSA) is 42.7 Å². The summed E-state index contributed by atoms with van der Waals surface area (Å²) in [5.41, 5.74) is 0.718. The summed E-state index contributed by atoms with van der Waals surface area (Å²) in [6, 6.07) is 9.31. The van der Waals surface area contributed by atoms with E-state index in [2.05, 4.69) is 4.90 Å². The number of furan rings is 1. The van der Waals surface area contributed by atoms with Gasteiger partial charge in [-0.2, -0.15) is 0 Å². The number of likely N-dealkylation sites (N-methyl/N-ethyl adjacent to an activating group) is 1. The van der Waals surface area contributed by atoms with E-state index in [-0.39, 0.29) is 17.8 Å². The van der Waals surface area contributed by atoms with Crippen molar-refractivity contribution in [1.29, 1.82) is 0 Å². The smallest absolute Gasteiger partial charge is 0.374 e. The average molecular weight is 259 g/mol. The number of esters is 1. The molecule has 4 heteroatoms. The lowest BCUT2D eigenvalue weighted by atomic mass is 10.1. The van der Waals surface area contributed by atoms with Crippen molar-refractivity contribution in [1.82, 2.24) is 4.90 Å². The number of carbonyl (C=O) groups excluding carboxylic acids is 1. The molecule has 1 aromatic carbocycles. The Morgan fingerprint density at radius 1 is 1.42 bits per heavy atom. The Kier molecular flexibility index (Phi) is 3.25. The lowest BCUT2D eigenvalue weighted by Gasteiger charge is -2.28. The lowest BCUT2D eigenvalue weighted by molar-refractivity contribution is 0.00797. The van der Waals surface area contributed by atoms with Crippen LogP contribution in [0, 0.1) is 0 Å². The van der Waals surface area contributed by atoms with Gasteiger partial charge in [-0.3, -0.25) is 0 Å². The summed E-state index contributed by atoms with van der Waals surface area (Å²) in [6.45, 7) is 1.87. The van der Waals surface area contributed by atoms with Crippen LogP contribution in [-0.4, -0.2) is 37.1 Å². The summed E-state index contributed by atoms with van der Waals surface area (Å²) in [5.74, 6) is -0.0778. The van der Waals surface area contributed by atoms with E-state index in [1.807, 2.05) is 31.3 Å². The molecule has 1 aromatic heterocycles. The number of ether oxygens (including phenoxy) is 1. The Hall–Kier alpha value is -1.81. The first-order chi connectivity index (χ1) is 9.22. The fourth-order valence-corrected chi connectivity index (χ4v) is 2.51. The number of nitrogens with zero attached hydrogens (tertiary/aromatic N) is 1. The monoisotopic (exact) mass is 259 g/mol. The van der Waals surface area contributed by atoms with Gasteiger partial charge in [-0.15, -0.1) is 0 Å². The highest BCUT2D eigenvalue weighted by atomic mass is 16.6. The van der Waals surface area contributed by atoms with Gasteiger partial charge in [-0.05, 0) is 38.6 Å². The number of carbonyl (C=O) groups is 1. The standard InChI is InChI=1S/C15H17NO3/c1-16-8-4-6-12(10-16)18-15(17)14-9-11-5-2-3-7-13(11)19-14/h2-3,5,7,9,12H,4,6,8,10H2,1H3/t12-/m1/s1. The van der Waals surface area contributed by atoms with Crippen molar-refractivity contribution in [3.8, 4) is 0 Å². The molecule has 1 atom stereocenters. The van der Waals surface area contributed by atoms with Crippen LogP contribution < -0.4 is 0 Å². The number of fused-ring (bicyclic) bond motifs is 1. The number of hydrogen-bond acceptors (Lipinski definition) is 4. The first-order valence-corrected chi connectivity index (χ1v) is 6.60. The number of rotatable bonds is 2. The van der Waals surface area contributed by atoms with Crippen molar-refractivity contribution >= 4 is 16.9 Å². The summed E-state index contributed by atoms with van der Waals surface area (Å²) in [4.78, 5) is 14.2. The first kappa shape index (κ1) is 12.2. The van der Waals surface area contributed by atoms with E-state index in [4.69, 9.17) is 9.15 Å². The highest BCUT2D eigenvalue weighted by Crippen LogP contribution is 2.21. The Morgan fingerprint density at radius 2 is 2.26 bits per heavy atom. The summed E-state index contributed by atoms with van der Waals surface area (Å²) in [5, 5.41) is 0.926. The third-order valence-corrected chi connectivity index (χ3v) is 3.48. The van der Waals surface area contributed by atoms with Gasteiger partial charge in [0, 0.05) is 11.9 Å². The molecule has 0 spiro atoms. The molecule has 0 saturated carbocycles. The van der Waals surface area contributed by atoms with Crippen molar-refractivity contribution in [2.45, 2.75) is 18.9 Å². The maximum absolute atomic E-state index is 12.1. The molecule has 3 rings (SSSR count). The third kappa shape index (κ3) is 2.63. The molecule has 1 saturated heterocycles. The van der Waals surface area contributed by atoms with E-state index in [0.717, 1.165) is 36.9 Å². The summed E-state index contributed by atoms with van der Waals surface area (Å²) in [7, 11) is 2.04. The maximum Gasteiger partial charge on any atom is 0.374 e. The minimum absolute atomic E-state index is 0.0283. The Morgan fingerprint density at radius 3 is 3.05 bits per heavy atom. The van der Waals surface area contributed by atoms with E-state index in [1.54, 1.807) is 6.07 Å². The average Bonchev–Trinajstić information content (AvgIpc) is 2.82. The minimum Gasteiger partial charge on any atom is -0.455 e. The van der Waals surface area contributed by atoms with Crippen LogP contribution in [0.25, 0.3) is 11.0 Å². The van der Waals surface area contributed by atoms with Crippen LogP contribution in [0.3, 0.4) is 0 Å². The highest BCUT2D eigenvalue weighted by Gasteiger charge is 2.23. The molecule has 100 valence electrons. The molecule has 2 aromatic rings. The Labute approximate surface area is 111 Å². The van der Waals surface area contributed by atoms with Crippen LogP contribution in [0.5, 0.6) is 0 Å². The Balaban J connectivity index is 1.72. The number of likely N-dealkylation sites (tertiary alicyclic amines) is 1. The molecule has 19 heavy (non-hydrogen) atoms. The normalized spacial score (nSPS) is 20.6. The quantitative estimate of drug-likeness (QED) is 0.778. The zero-order chi connectivity index (χ0) is 13.2. The van der Waals surface area contributed by atoms with Crippen molar-refractivity contribution in [2.75, 3.05) is 20.1 Å². The van der Waals surface area contributed by atoms with Crippen molar-refractivity contribution in [3.05, 3.63) is 36.1 Å². The van der Waals surface area contributed by atoms with E-state index < -0.39 is 0 Å². The molecular weight excluding hydrogens is 242 g/mol. The molecule has 1 aliphatic rings. The summed E-state index contributed by atoms with van der Waals surface area (Å²) >= 11 is 0. The van der Waals surface area contributed by atoms with Gasteiger partial charge < -0.3 is 14.1 Å². The van der Waals surface area contributed by atoms with Crippen LogP contribution in [0.4, 0.5) is 0 Å². The largest absolute Gasteiger partial charge is 0.455 e. The molecule has 0 unspecified atom stereocenters. The van der Waals surface area contributed by atoms with E-state index in [9.17, 15) is 4.79 Å².